The molecule has 1 aromatic heterocycles. The summed E-state index contributed by atoms with van der Waals surface area (Å²) in [7, 11) is 0. The number of amides is 1. The topological polar surface area (TPSA) is 71.2 Å². The first-order valence-electron chi connectivity index (χ1n) is 9.56. The molecule has 1 atom stereocenters. The van der Waals surface area contributed by atoms with Crippen LogP contribution in [-0.4, -0.2) is 17.1 Å². The highest BCUT2D eigenvalue weighted by atomic mass is 35.5. The SMILES string of the molecule is O=C(Nc1cc[nH]c(=O)c1)c1cc(Cl)c(C(F)(F)F)cc1Oc1ccc(F)c2c1C[C@H](F)C2. The number of aromatic amines is 1. The second kappa shape index (κ2) is 8.51. The summed E-state index contributed by atoms with van der Waals surface area (Å²) in [6, 6.07) is 5.93. The van der Waals surface area contributed by atoms with Crippen LogP contribution in [-0.2, 0) is 19.0 Å². The average Bonchev–Trinajstić information content (AvgIpc) is 3.12. The van der Waals surface area contributed by atoms with Crippen molar-refractivity contribution < 1.29 is 31.5 Å². The van der Waals surface area contributed by atoms with E-state index in [1.54, 1.807) is 0 Å². The quantitative estimate of drug-likeness (QED) is 0.469. The van der Waals surface area contributed by atoms with Crippen LogP contribution < -0.4 is 15.6 Å². The molecule has 1 aliphatic carbocycles. The fourth-order valence-electron chi connectivity index (χ4n) is 3.57. The summed E-state index contributed by atoms with van der Waals surface area (Å²) in [5, 5.41) is 1.63. The zero-order chi connectivity index (χ0) is 23.9. The minimum Gasteiger partial charge on any atom is -0.456 e. The number of benzene rings is 2. The van der Waals surface area contributed by atoms with Crippen LogP contribution in [0, 0.1) is 5.82 Å². The van der Waals surface area contributed by atoms with Gasteiger partial charge in [0.1, 0.15) is 23.5 Å². The number of pyridine rings is 1. The monoisotopic (exact) mass is 484 g/mol. The number of halogens is 6. The molecule has 0 bridgehead atoms. The van der Waals surface area contributed by atoms with Crippen molar-refractivity contribution >= 4 is 23.2 Å². The summed E-state index contributed by atoms with van der Waals surface area (Å²) in [5.41, 5.74) is -1.83. The molecule has 2 aromatic carbocycles. The number of nitrogens with one attached hydrogen (secondary N) is 2. The number of carbonyl (C=O) groups excluding carboxylic acids is 1. The van der Waals surface area contributed by atoms with Crippen molar-refractivity contribution in [2.75, 3.05) is 5.32 Å². The zero-order valence-corrected chi connectivity index (χ0v) is 17.3. The van der Waals surface area contributed by atoms with Crippen LogP contribution in [0.1, 0.15) is 27.0 Å². The third-order valence-corrected chi connectivity index (χ3v) is 5.37. The fraction of sp³-hybridized carbons (Fsp3) is 0.182. The Balaban J connectivity index is 1.79. The van der Waals surface area contributed by atoms with Crippen LogP contribution >= 0.6 is 11.6 Å². The van der Waals surface area contributed by atoms with Crippen LogP contribution in [0.3, 0.4) is 0 Å². The predicted octanol–water partition coefficient (Wildman–Crippen LogP) is 5.67. The predicted molar refractivity (Wildman–Crippen MR) is 110 cm³/mol. The second-order valence-corrected chi connectivity index (χ2v) is 7.74. The molecule has 2 N–H and O–H groups in total. The Kier molecular flexibility index (Phi) is 5.87. The standard InChI is InChI=1S/C22H14ClF5N2O3/c23-16-8-14(21(32)30-11-3-4-29-20(31)7-11)19(9-15(16)22(26,27)28)33-18-2-1-17(25)12-5-10(24)6-13(12)18/h1-4,7-10H,5-6H2,(H2,29,30,31,32)/t10-/m1/s1. The summed E-state index contributed by atoms with van der Waals surface area (Å²) in [5.74, 6) is -2.16. The van der Waals surface area contributed by atoms with Crippen molar-refractivity contribution in [3.63, 3.8) is 0 Å². The molecule has 33 heavy (non-hydrogen) atoms. The van der Waals surface area contributed by atoms with Crippen LogP contribution in [0.25, 0.3) is 0 Å². The van der Waals surface area contributed by atoms with Gasteiger partial charge in [0.25, 0.3) is 5.91 Å². The third kappa shape index (κ3) is 4.70. The lowest BCUT2D eigenvalue weighted by Crippen LogP contribution is -2.16. The van der Waals surface area contributed by atoms with Gasteiger partial charge in [0.05, 0.1) is 16.1 Å². The molecule has 1 aliphatic rings. The number of hydrogen-bond acceptors (Lipinski definition) is 3. The maximum Gasteiger partial charge on any atom is 0.417 e. The Morgan fingerprint density at radius 1 is 1.09 bits per heavy atom. The van der Waals surface area contributed by atoms with Gasteiger partial charge in [-0.25, -0.2) is 8.78 Å². The average molecular weight is 485 g/mol. The van der Waals surface area contributed by atoms with E-state index in [1.165, 1.54) is 12.3 Å². The summed E-state index contributed by atoms with van der Waals surface area (Å²) < 4.78 is 73.9. The molecule has 172 valence electrons. The summed E-state index contributed by atoms with van der Waals surface area (Å²) >= 11 is 5.79. The minimum absolute atomic E-state index is 0.0690. The van der Waals surface area contributed by atoms with Crippen LogP contribution in [0.4, 0.5) is 27.6 Å². The molecule has 5 nitrogen and oxygen atoms in total. The molecule has 1 amide bonds. The molecule has 4 rings (SSSR count). The van der Waals surface area contributed by atoms with E-state index >= 15 is 0 Å². The lowest BCUT2D eigenvalue weighted by Gasteiger charge is -2.17. The zero-order valence-electron chi connectivity index (χ0n) is 16.5. The van der Waals surface area contributed by atoms with E-state index in [9.17, 15) is 31.5 Å². The van der Waals surface area contributed by atoms with Gasteiger partial charge < -0.3 is 15.0 Å². The summed E-state index contributed by atoms with van der Waals surface area (Å²) in [6.07, 6.45) is -5.33. The number of hydrogen-bond donors (Lipinski definition) is 2. The van der Waals surface area contributed by atoms with Crippen molar-refractivity contribution in [1.29, 1.82) is 0 Å². The van der Waals surface area contributed by atoms with Gasteiger partial charge in [0.2, 0.25) is 5.56 Å². The molecule has 0 spiro atoms. The molecule has 0 unspecified atom stereocenters. The van der Waals surface area contributed by atoms with E-state index in [0.29, 0.717) is 6.07 Å². The number of carbonyl (C=O) groups is 1. The normalized spacial score (nSPS) is 15.3. The first-order chi connectivity index (χ1) is 15.5. The van der Waals surface area contributed by atoms with Crippen LogP contribution in [0.5, 0.6) is 11.5 Å². The highest BCUT2D eigenvalue weighted by Crippen LogP contribution is 2.42. The Bertz CT molecular complexity index is 1310. The van der Waals surface area contributed by atoms with E-state index < -0.39 is 46.0 Å². The lowest BCUT2D eigenvalue weighted by molar-refractivity contribution is -0.137. The Hall–Kier alpha value is -3.40. The van der Waals surface area contributed by atoms with Crippen LogP contribution in [0.15, 0.2) is 47.4 Å². The van der Waals surface area contributed by atoms with Gasteiger partial charge in [-0.3, -0.25) is 9.59 Å². The van der Waals surface area contributed by atoms with Crippen LogP contribution in [0.2, 0.25) is 5.02 Å². The number of H-pyrrole nitrogens is 1. The molecule has 0 saturated heterocycles. The van der Waals surface area contributed by atoms with E-state index in [4.69, 9.17) is 16.3 Å². The Morgan fingerprint density at radius 2 is 1.82 bits per heavy atom. The molecular formula is C22H14ClF5N2O3. The minimum atomic E-state index is -4.86. The number of aromatic nitrogens is 1. The van der Waals surface area contributed by atoms with Crippen molar-refractivity contribution in [2.24, 2.45) is 0 Å². The molecule has 3 aromatic rings. The van der Waals surface area contributed by atoms with Gasteiger partial charge >= 0.3 is 6.18 Å². The molecule has 1 heterocycles. The molecule has 0 aliphatic heterocycles. The summed E-state index contributed by atoms with van der Waals surface area (Å²) in [6.45, 7) is 0. The third-order valence-electron chi connectivity index (χ3n) is 5.05. The lowest BCUT2D eigenvalue weighted by atomic mass is 10.1. The molecule has 0 radical (unpaired) electrons. The maximum atomic E-state index is 14.1. The smallest absolute Gasteiger partial charge is 0.417 e. The maximum absolute atomic E-state index is 14.1. The molecular weight excluding hydrogens is 471 g/mol. The first kappa shape index (κ1) is 22.8. The van der Waals surface area contributed by atoms with Gasteiger partial charge in [0, 0.05) is 36.4 Å². The van der Waals surface area contributed by atoms with Gasteiger partial charge in [0.15, 0.2) is 0 Å². The van der Waals surface area contributed by atoms with E-state index in [0.717, 1.165) is 24.3 Å². The molecule has 0 saturated carbocycles. The first-order valence-corrected chi connectivity index (χ1v) is 9.93. The van der Waals surface area contributed by atoms with Gasteiger partial charge in [-0.2, -0.15) is 13.2 Å². The van der Waals surface area contributed by atoms with Crippen molar-refractivity contribution in [3.8, 4) is 11.5 Å². The highest BCUT2D eigenvalue weighted by molar-refractivity contribution is 6.32. The summed E-state index contributed by atoms with van der Waals surface area (Å²) in [4.78, 5) is 26.6. The van der Waals surface area contributed by atoms with Crippen molar-refractivity contribution in [2.45, 2.75) is 25.2 Å². The Labute approximate surface area is 188 Å². The van der Waals surface area contributed by atoms with E-state index in [-0.39, 0.29) is 41.0 Å². The number of ether oxygens (including phenoxy) is 1. The van der Waals surface area contributed by atoms with Gasteiger partial charge in [-0.15, -0.1) is 0 Å². The number of fused-ring (bicyclic) bond motifs is 1. The largest absolute Gasteiger partial charge is 0.456 e. The van der Waals surface area contributed by atoms with Gasteiger partial charge in [-0.1, -0.05) is 11.6 Å². The number of anilines is 1. The van der Waals surface area contributed by atoms with Crippen molar-refractivity contribution in [1.82, 2.24) is 4.98 Å². The van der Waals surface area contributed by atoms with E-state index in [1.807, 2.05) is 0 Å². The molecule has 11 heteroatoms. The fourth-order valence-corrected chi connectivity index (χ4v) is 3.84. The highest BCUT2D eigenvalue weighted by Gasteiger charge is 2.36. The number of alkyl halides is 4. The van der Waals surface area contributed by atoms with Crippen molar-refractivity contribution in [3.05, 3.63) is 86.0 Å². The Morgan fingerprint density at radius 3 is 2.52 bits per heavy atom. The number of rotatable bonds is 4. The van der Waals surface area contributed by atoms with Gasteiger partial charge in [-0.05, 0) is 35.9 Å². The molecule has 0 fully saturated rings. The van der Waals surface area contributed by atoms with E-state index in [2.05, 4.69) is 10.3 Å². The second-order valence-electron chi connectivity index (χ2n) is 7.33.